The van der Waals surface area contributed by atoms with Crippen LogP contribution in [0, 0.1) is 9.39 Å². The van der Waals surface area contributed by atoms with E-state index in [4.69, 9.17) is 0 Å². The molecule has 3 aromatic carbocycles. The molecule has 122 valence electrons. The van der Waals surface area contributed by atoms with Gasteiger partial charge in [-0.15, -0.1) is 0 Å². The topological polar surface area (TPSA) is 49.3 Å². The van der Waals surface area contributed by atoms with E-state index >= 15 is 0 Å². The molecule has 0 saturated heterocycles. The number of fused-ring (bicyclic) bond motifs is 1. The molecule has 0 fully saturated rings. The van der Waals surface area contributed by atoms with Crippen molar-refractivity contribution >= 4 is 39.3 Å². The Morgan fingerprint density at radius 1 is 1.08 bits per heavy atom. The van der Waals surface area contributed by atoms with Crippen molar-refractivity contribution in [3.05, 3.63) is 81.2 Å². The van der Waals surface area contributed by atoms with E-state index < -0.39 is 6.10 Å². The molecule has 0 spiro atoms. The summed E-state index contributed by atoms with van der Waals surface area (Å²) in [5.74, 6) is -0.716. The molecule has 0 aliphatic rings. The fourth-order valence-corrected chi connectivity index (χ4v) is 3.21. The molecule has 0 bridgehead atoms. The number of aliphatic hydroxyl groups excluding tert-OH is 1. The standard InChI is InChI=1S/C19H15FINO2/c20-15-7-8-16(17(21)10-15)19(24)22-11-18(23)14-6-5-12-3-1-2-4-13(12)9-14/h1-10,18,23H,11H2,(H,22,24). The van der Waals surface area contributed by atoms with Crippen LogP contribution in [-0.4, -0.2) is 17.6 Å². The van der Waals surface area contributed by atoms with Gasteiger partial charge in [-0.3, -0.25) is 4.79 Å². The van der Waals surface area contributed by atoms with Crippen LogP contribution in [0.2, 0.25) is 0 Å². The number of aliphatic hydroxyl groups is 1. The molecule has 24 heavy (non-hydrogen) atoms. The highest BCUT2D eigenvalue weighted by Gasteiger charge is 2.14. The van der Waals surface area contributed by atoms with Crippen LogP contribution in [0.5, 0.6) is 0 Å². The van der Waals surface area contributed by atoms with Gasteiger partial charge in [-0.2, -0.15) is 0 Å². The second-order valence-corrected chi connectivity index (χ2v) is 6.62. The zero-order valence-electron chi connectivity index (χ0n) is 12.7. The Hall–Kier alpha value is -1.99. The lowest BCUT2D eigenvalue weighted by Crippen LogP contribution is -2.29. The molecule has 2 N–H and O–H groups in total. The molecule has 3 rings (SSSR count). The minimum absolute atomic E-state index is 0.0879. The zero-order valence-corrected chi connectivity index (χ0v) is 14.8. The van der Waals surface area contributed by atoms with Gasteiger partial charge in [0.25, 0.3) is 5.91 Å². The molecule has 1 amide bonds. The first-order chi connectivity index (χ1) is 11.5. The molecule has 5 heteroatoms. The van der Waals surface area contributed by atoms with Gasteiger partial charge in [0.1, 0.15) is 5.82 Å². The summed E-state index contributed by atoms with van der Waals surface area (Å²) >= 11 is 1.92. The lowest BCUT2D eigenvalue weighted by Gasteiger charge is -2.14. The van der Waals surface area contributed by atoms with E-state index in [1.165, 1.54) is 18.2 Å². The van der Waals surface area contributed by atoms with Gasteiger partial charge in [0, 0.05) is 10.1 Å². The van der Waals surface area contributed by atoms with Crippen LogP contribution >= 0.6 is 22.6 Å². The fraction of sp³-hybridized carbons (Fsp3) is 0.105. The van der Waals surface area contributed by atoms with Crippen LogP contribution in [0.25, 0.3) is 10.8 Å². The van der Waals surface area contributed by atoms with Crippen LogP contribution < -0.4 is 5.32 Å². The van der Waals surface area contributed by atoms with Crippen molar-refractivity contribution in [2.45, 2.75) is 6.10 Å². The summed E-state index contributed by atoms with van der Waals surface area (Å²) in [7, 11) is 0. The summed E-state index contributed by atoms with van der Waals surface area (Å²) in [5.41, 5.74) is 1.13. The summed E-state index contributed by atoms with van der Waals surface area (Å²) in [6, 6.07) is 17.6. The van der Waals surface area contributed by atoms with Crippen molar-refractivity contribution in [1.82, 2.24) is 5.32 Å². The van der Waals surface area contributed by atoms with Crippen molar-refractivity contribution in [1.29, 1.82) is 0 Å². The second-order valence-electron chi connectivity index (χ2n) is 5.46. The molecule has 0 saturated carbocycles. The van der Waals surface area contributed by atoms with Crippen LogP contribution in [0.3, 0.4) is 0 Å². The molecule has 3 aromatic rings. The first kappa shape index (κ1) is 16.9. The molecule has 0 aromatic heterocycles. The first-order valence-corrected chi connectivity index (χ1v) is 8.52. The minimum Gasteiger partial charge on any atom is -0.387 e. The molecular formula is C19H15FINO2. The minimum atomic E-state index is -0.809. The summed E-state index contributed by atoms with van der Waals surface area (Å²) in [6.45, 7) is 0.0879. The van der Waals surface area contributed by atoms with E-state index in [2.05, 4.69) is 5.32 Å². The Balaban J connectivity index is 1.69. The fourth-order valence-electron chi connectivity index (χ4n) is 2.49. The van der Waals surface area contributed by atoms with E-state index in [1.807, 2.05) is 65.1 Å². The van der Waals surface area contributed by atoms with Gasteiger partial charge in [0.05, 0.1) is 11.7 Å². The van der Waals surface area contributed by atoms with E-state index in [0.717, 1.165) is 16.3 Å². The highest BCUT2D eigenvalue weighted by Crippen LogP contribution is 2.20. The van der Waals surface area contributed by atoms with Gasteiger partial charge in [-0.1, -0.05) is 36.4 Å². The average Bonchev–Trinajstić information content (AvgIpc) is 2.59. The molecule has 0 radical (unpaired) electrons. The van der Waals surface area contributed by atoms with Gasteiger partial charge < -0.3 is 10.4 Å². The average molecular weight is 435 g/mol. The predicted octanol–water partition coefficient (Wildman–Crippen LogP) is 4.05. The van der Waals surface area contributed by atoms with Crippen LogP contribution in [0.15, 0.2) is 60.7 Å². The van der Waals surface area contributed by atoms with Gasteiger partial charge in [-0.25, -0.2) is 4.39 Å². The largest absolute Gasteiger partial charge is 0.387 e. The third-order valence-electron chi connectivity index (χ3n) is 3.79. The normalized spacial score (nSPS) is 12.1. The number of hydrogen-bond donors (Lipinski definition) is 2. The maximum Gasteiger partial charge on any atom is 0.252 e. The summed E-state index contributed by atoms with van der Waals surface area (Å²) < 4.78 is 13.6. The second kappa shape index (κ2) is 7.27. The maximum absolute atomic E-state index is 13.1. The van der Waals surface area contributed by atoms with E-state index in [9.17, 15) is 14.3 Å². The Bertz CT molecular complexity index is 897. The quantitative estimate of drug-likeness (QED) is 0.608. The Morgan fingerprint density at radius 2 is 1.83 bits per heavy atom. The van der Waals surface area contributed by atoms with Crippen LogP contribution in [0.1, 0.15) is 22.0 Å². The Labute approximate surface area is 152 Å². The molecular weight excluding hydrogens is 420 g/mol. The van der Waals surface area contributed by atoms with Crippen molar-refractivity contribution in [3.63, 3.8) is 0 Å². The monoisotopic (exact) mass is 435 g/mol. The highest BCUT2D eigenvalue weighted by molar-refractivity contribution is 14.1. The Morgan fingerprint density at radius 3 is 2.58 bits per heavy atom. The number of carbonyl (C=O) groups is 1. The maximum atomic E-state index is 13.1. The number of amides is 1. The number of carbonyl (C=O) groups excluding carboxylic acids is 1. The lowest BCUT2D eigenvalue weighted by atomic mass is 10.0. The van der Waals surface area contributed by atoms with Gasteiger partial charge in [0.15, 0.2) is 0 Å². The third kappa shape index (κ3) is 3.73. The summed E-state index contributed by atoms with van der Waals surface area (Å²) in [5, 5.41) is 15.1. The van der Waals surface area contributed by atoms with Crippen LogP contribution in [-0.2, 0) is 0 Å². The predicted molar refractivity (Wildman–Crippen MR) is 100 cm³/mol. The van der Waals surface area contributed by atoms with Gasteiger partial charge >= 0.3 is 0 Å². The number of nitrogens with one attached hydrogen (secondary N) is 1. The molecule has 1 unspecified atom stereocenters. The number of rotatable bonds is 4. The SMILES string of the molecule is O=C(NCC(O)c1ccc2ccccc2c1)c1ccc(F)cc1I. The third-order valence-corrected chi connectivity index (χ3v) is 4.68. The molecule has 3 nitrogen and oxygen atoms in total. The number of hydrogen-bond acceptors (Lipinski definition) is 2. The number of benzene rings is 3. The highest BCUT2D eigenvalue weighted by atomic mass is 127. The molecule has 1 atom stereocenters. The van der Waals surface area contributed by atoms with Gasteiger partial charge in [0.2, 0.25) is 0 Å². The van der Waals surface area contributed by atoms with Crippen LogP contribution in [0.4, 0.5) is 4.39 Å². The molecule has 0 heterocycles. The zero-order chi connectivity index (χ0) is 17.1. The van der Waals surface area contributed by atoms with E-state index in [-0.39, 0.29) is 18.3 Å². The molecule has 0 aliphatic carbocycles. The van der Waals surface area contributed by atoms with Crippen molar-refractivity contribution < 1.29 is 14.3 Å². The van der Waals surface area contributed by atoms with Crippen molar-refractivity contribution in [3.8, 4) is 0 Å². The number of halogens is 2. The summed E-state index contributed by atoms with van der Waals surface area (Å²) in [4.78, 5) is 12.2. The first-order valence-electron chi connectivity index (χ1n) is 7.44. The van der Waals surface area contributed by atoms with E-state index in [1.54, 1.807) is 0 Å². The molecule has 0 aliphatic heterocycles. The lowest BCUT2D eigenvalue weighted by molar-refractivity contribution is 0.0915. The summed E-state index contributed by atoms with van der Waals surface area (Å²) in [6.07, 6.45) is -0.809. The van der Waals surface area contributed by atoms with Crippen molar-refractivity contribution in [2.75, 3.05) is 6.54 Å². The Kier molecular flexibility index (Phi) is 5.11. The van der Waals surface area contributed by atoms with Crippen molar-refractivity contribution in [2.24, 2.45) is 0 Å². The van der Waals surface area contributed by atoms with E-state index in [0.29, 0.717) is 9.13 Å². The smallest absolute Gasteiger partial charge is 0.252 e. The van der Waals surface area contributed by atoms with Gasteiger partial charge in [-0.05, 0) is 63.2 Å².